The zero-order valence-electron chi connectivity index (χ0n) is 20.5. The van der Waals surface area contributed by atoms with Gasteiger partial charge in [0.15, 0.2) is 0 Å². The predicted molar refractivity (Wildman–Crippen MR) is 141 cm³/mol. The number of ether oxygens (including phenoxy) is 2. The lowest BCUT2D eigenvalue weighted by Crippen LogP contribution is -2.37. The van der Waals surface area contributed by atoms with Crippen molar-refractivity contribution in [1.29, 1.82) is 0 Å². The number of hydrogen-bond donors (Lipinski definition) is 0. The van der Waals surface area contributed by atoms with Crippen LogP contribution in [0.3, 0.4) is 0 Å². The molecule has 0 radical (unpaired) electrons. The molecule has 4 aromatic carbocycles. The third-order valence-corrected chi connectivity index (χ3v) is 7.37. The monoisotopic (exact) mass is 515 g/mol. The zero-order valence-corrected chi connectivity index (χ0v) is 21.4. The van der Waals surface area contributed by atoms with E-state index in [0.29, 0.717) is 11.3 Å². The molecule has 0 aliphatic carbocycles. The number of aryl methyl sites for hydroxylation is 2. The van der Waals surface area contributed by atoms with E-state index in [-0.39, 0.29) is 21.9 Å². The number of carbonyl (C=O) groups excluding carboxylic acids is 2. The van der Waals surface area contributed by atoms with Gasteiger partial charge in [0.05, 0.1) is 23.3 Å². The SMILES string of the molecule is COc1ccc(S(=O)(=O)N(C(=O)c2ccc(C)cc2)c2ccc(OC(=O)c3ccc(C)cc3)cc2)cc1. The Morgan fingerprint density at radius 2 is 1.14 bits per heavy atom. The Balaban J connectivity index is 1.69. The molecule has 0 atom stereocenters. The van der Waals surface area contributed by atoms with Gasteiger partial charge in [-0.2, -0.15) is 4.31 Å². The second kappa shape index (κ2) is 10.7. The van der Waals surface area contributed by atoms with Crippen LogP contribution in [-0.4, -0.2) is 27.4 Å². The van der Waals surface area contributed by atoms with E-state index in [1.165, 1.54) is 55.6 Å². The van der Waals surface area contributed by atoms with Crippen molar-refractivity contribution in [2.24, 2.45) is 0 Å². The first-order chi connectivity index (χ1) is 17.7. The summed E-state index contributed by atoms with van der Waals surface area (Å²) in [6, 6.07) is 25.1. The largest absolute Gasteiger partial charge is 0.497 e. The molecule has 0 unspecified atom stereocenters. The Bertz CT molecular complexity index is 1510. The lowest BCUT2D eigenvalue weighted by atomic mass is 10.1. The maximum Gasteiger partial charge on any atom is 0.343 e. The van der Waals surface area contributed by atoms with Crippen LogP contribution in [0.5, 0.6) is 11.5 Å². The van der Waals surface area contributed by atoms with Crippen molar-refractivity contribution in [3.8, 4) is 11.5 Å². The van der Waals surface area contributed by atoms with E-state index in [9.17, 15) is 18.0 Å². The molecule has 0 aliphatic rings. The Labute approximate surface area is 215 Å². The summed E-state index contributed by atoms with van der Waals surface area (Å²) in [5.41, 5.74) is 2.63. The van der Waals surface area contributed by atoms with Gasteiger partial charge in [-0.3, -0.25) is 4.79 Å². The molecule has 7 nitrogen and oxygen atoms in total. The van der Waals surface area contributed by atoms with Gasteiger partial charge in [0.1, 0.15) is 11.5 Å². The van der Waals surface area contributed by atoms with Crippen molar-refractivity contribution in [2.75, 3.05) is 11.4 Å². The second-order valence-corrected chi connectivity index (χ2v) is 10.2. The fraction of sp³-hybridized carbons (Fsp3) is 0.103. The van der Waals surface area contributed by atoms with Crippen LogP contribution in [0.15, 0.2) is 102 Å². The van der Waals surface area contributed by atoms with Gasteiger partial charge in [-0.25, -0.2) is 13.2 Å². The van der Waals surface area contributed by atoms with E-state index >= 15 is 0 Å². The molecular formula is C29H25NO6S. The molecule has 0 saturated heterocycles. The number of benzene rings is 4. The third-order valence-electron chi connectivity index (χ3n) is 5.65. The molecule has 0 aromatic heterocycles. The second-order valence-electron chi connectivity index (χ2n) is 8.37. The molecule has 8 heteroatoms. The first-order valence-corrected chi connectivity index (χ1v) is 12.8. The van der Waals surface area contributed by atoms with Crippen LogP contribution in [0.2, 0.25) is 0 Å². The number of methoxy groups -OCH3 is 1. The smallest absolute Gasteiger partial charge is 0.343 e. The van der Waals surface area contributed by atoms with E-state index in [1.807, 2.05) is 13.8 Å². The van der Waals surface area contributed by atoms with Crippen molar-refractivity contribution in [3.63, 3.8) is 0 Å². The van der Waals surface area contributed by atoms with Crippen molar-refractivity contribution >= 4 is 27.6 Å². The maximum absolute atomic E-state index is 13.7. The number of carbonyl (C=O) groups is 2. The molecule has 188 valence electrons. The van der Waals surface area contributed by atoms with E-state index in [4.69, 9.17) is 9.47 Å². The molecule has 0 N–H and O–H groups in total. The number of rotatable bonds is 7. The minimum absolute atomic E-state index is 0.0800. The molecule has 0 bridgehead atoms. The normalized spacial score (nSPS) is 11.0. The third kappa shape index (κ3) is 5.70. The van der Waals surface area contributed by atoms with Crippen molar-refractivity contribution in [1.82, 2.24) is 0 Å². The number of amides is 1. The highest BCUT2D eigenvalue weighted by molar-refractivity contribution is 7.93. The average molecular weight is 516 g/mol. The van der Waals surface area contributed by atoms with Crippen molar-refractivity contribution < 1.29 is 27.5 Å². The van der Waals surface area contributed by atoms with Gasteiger partial charge >= 0.3 is 5.97 Å². The lowest BCUT2D eigenvalue weighted by Gasteiger charge is -2.23. The summed E-state index contributed by atoms with van der Waals surface area (Å²) in [5, 5.41) is 0. The Morgan fingerprint density at radius 1 is 0.649 bits per heavy atom. The molecule has 0 fully saturated rings. The number of esters is 1. The highest BCUT2D eigenvalue weighted by Gasteiger charge is 2.32. The van der Waals surface area contributed by atoms with Gasteiger partial charge in [-0.1, -0.05) is 35.4 Å². The minimum atomic E-state index is -4.30. The van der Waals surface area contributed by atoms with Crippen LogP contribution in [0.1, 0.15) is 31.8 Å². The van der Waals surface area contributed by atoms with E-state index in [2.05, 4.69) is 0 Å². The summed E-state index contributed by atoms with van der Waals surface area (Å²) in [4.78, 5) is 25.9. The van der Waals surface area contributed by atoms with Crippen LogP contribution in [0.4, 0.5) is 5.69 Å². The lowest BCUT2D eigenvalue weighted by molar-refractivity contribution is 0.0734. The highest BCUT2D eigenvalue weighted by atomic mass is 32.2. The van der Waals surface area contributed by atoms with Crippen LogP contribution < -0.4 is 13.8 Å². The molecular weight excluding hydrogens is 490 g/mol. The Morgan fingerprint density at radius 3 is 1.65 bits per heavy atom. The number of hydrogen-bond acceptors (Lipinski definition) is 6. The molecule has 37 heavy (non-hydrogen) atoms. The summed E-state index contributed by atoms with van der Waals surface area (Å²) in [5.74, 6) is -0.583. The van der Waals surface area contributed by atoms with Gasteiger partial charge in [0.2, 0.25) is 0 Å². The molecule has 0 heterocycles. The quantitative estimate of drug-likeness (QED) is 0.236. The molecule has 0 saturated carbocycles. The maximum atomic E-state index is 13.7. The van der Waals surface area contributed by atoms with E-state index in [1.54, 1.807) is 48.5 Å². The van der Waals surface area contributed by atoms with Gasteiger partial charge in [-0.15, -0.1) is 0 Å². The summed E-state index contributed by atoms with van der Waals surface area (Å²) in [6.45, 7) is 3.79. The van der Waals surface area contributed by atoms with Gasteiger partial charge < -0.3 is 9.47 Å². The number of nitrogens with zero attached hydrogens (tertiary/aromatic N) is 1. The summed E-state index contributed by atoms with van der Waals surface area (Å²) < 4.78 is 38.6. The molecule has 0 spiro atoms. The predicted octanol–water partition coefficient (Wildman–Crippen LogP) is 5.57. The molecule has 1 amide bonds. The Kier molecular flexibility index (Phi) is 7.40. The van der Waals surface area contributed by atoms with Crippen LogP contribution >= 0.6 is 0 Å². The fourth-order valence-corrected chi connectivity index (χ4v) is 4.95. The number of anilines is 1. The van der Waals surface area contributed by atoms with Gasteiger partial charge in [-0.05, 0) is 86.6 Å². The first kappa shape index (κ1) is 25.7. The summed E-state index contributed by atoms with van der Waals surface area (Å²) >= 11 is 0. The minimum Gasteiger partial charge on any atom is -0.497 e. The highest BCUT2D eigenvalue weighted by Crippen LogP contribution is 2.29. The molecule has 0 aliphatic heterocycles. The molecule has 4 aromatic rings. The fourth-order valence-electron chi connectivity index (χ4n) is 3.54. The summed E-state index contributed by atoms with van der Waals surface area (Å²) in [7, 11) is -2.82. The van der Waals surface area contributed by atoms with Gasteiger partial charge in [0, 0.05) is 5.56 Å². The topological polar surface area (TPSA) is 90.0 Å². The standard InChI is InChI=1S/C29H25NO6S/c1-20-4-8-22(9-5-20)28(31)30(37(33,34)27-18-16-25(35-3)17-19-27)24-12-14-26(15-13-24)36-29(32)23-10-6-21(2)7-11-23/h4-19H,1-3H3. The van der Waals surface area contributed by atoms with E-state index in [0.717, 1.165) is 15.4 Å². The van der Waals surface area contributed by atoms with Gasteiger partial charge in [0.25, 0.3) is 15.9 Å². The average Bonchev–Trinajstić information content (AvgIpc) is 2.90. The van der Waals surface area contributed by atoms with E-state index < -0.39 is 21.9 Å². The first-order valence-electron chi connectivity index (χ1n) is 11.4. The summed E-state index contributed by atoms with van der Waals surface area (Å²) in [6.07, 6.45) is 0. The van der Waals surface area contributed by atoms with Crippen molar-refractivity contribution in [2.45, 2.75) is 18.7 Å². The Hall–Kier alpha value is -4.43. The van der Waals surface area contributed by atoms with Crippen LogP contribution in [-0.2, 0) is 10.0 Å². The van der Waals surface area contributed by atoms with Crippen LogP contribution in [0, 0.1) is 13.8 Å². The van der Waals surface area contributed by atoms with Crippen molar-refractivity contribution in [3.05, 3.63) is 119 Å². The zero-order chi connectivity index (χ0) is 26.6. The van der Waals surface area contributed by atoms with Crippen LogP contribution in [0.25, 0.3) is 0 Å². The number of sulfonamides is 1. The molecule has 4 rings (SSSR count).